The van der Waals surface area contributed by atoms with Gasteiger partial charge in [0.15, 0.2) is 0 Å². The van der Waals surface area contributed by atoms with Crippen LogP contribution < -0.4 is 5.32 Å². The Labute approximate surface area is 152 Å². The number of carbonyl (C=O) groups excluding carboxylic acids is 1. The third-order valence-electron chi connectivity index (χ3n) is 4.50. The first-order valence-corrected chi connectivity index (χ1v) is 9.32. The molecule has 0 saturated carbocycles. The molecule has 25 heavy (non-hydrogen) atoms. The van der Waals surface area contributed by atoms with Gasteiger partial charge in [0, 0.05) is 37.7 Å². The summed E-state index contributed by atoms with van der Waals surface area (Å²) < 4.78 is 5.73. The van der Waals surface area contributed by atoms with E-state index in [0.717, 1.165) is 36.3 Å². The highest BCUT2D eigenvalue weighted by Gasteiger charge is 2.20. The van der Waals surface area contributed by atoms with E-state index in [4.69, 9.17) is 16.3 Å². The van der Waals surface area contributed by atoms with E-state index < -0.39 is 0 Å². The van der Waals surface area contributed by atoms with Gasteiger partial charge in [-0.25, -0.2) is 9.78 Å². The first-order chi connectivity index (χ1) is 12.2. The number of aromatic amines is 1. The van der Waals surface area contributed by atoms with Crippen molar-refractivity contribution >= 4 is 28.7 Å². The number of rotatable bonds is 6. The molecular formula is C18H25ClN4O2. The average Bonchev–Trinajstić information content (AvgIpc) is 3.02. The topological polar surface area (TPSA) is 70.2 Å². The van der Waals surface area contributed by atoms with Gasteiger partial charge in [0.2, 0.25) is 0 Å². The Balaban J connectivity index is 1.48. The highest BCUT2D eigenvalue weighted by atomic mass is 35.5. The smallest absolute Gasteiger partial charge is 0.317 e. The van der Waals surface area contributed by atoms with Crippen LogP contribution in [0.1, 0.15) is 32.0 Å². The number of imidazole rings is 1. The van der Waals surface area contributed by atoms with Gasteiger partial charge in [0.05, 0.1) is 17.1 Å². The van der Waals surface area contributed by atoms with E-state index in [1.165, 1.54) is 6.42 Å². The standard InChI is InChI=1S/C18H25ClN4O2/c1-2-23(12-14-5-3-4-10-25-14)18(24)20-9-8-17-21-15-7-6-13(19)11-16(15)22-17/h6-7,11,14H,2-5,8-10,12H2,1H3,(H,20,24)(H,21,22). The fraction of sp³-hybridized carbons (Fsp3) is 0.556. The molecule has 1 atom stereocenters. The van der Waals surface area contributed by atoms with Gasteiger partial charge in [-0.2, -0.15) is 0 Å². The van der Waals surface area contributed by atoms with Crippen LogP contribution in [0.25, 0.3) is 11.0 Å². The molecule has 2 N–H and O–H groups in total. The summed E-state index contributed by atoms with van der Waals surface area (Å²) in [5, 5.41) is 3.65. The fourth-order valence-electron chi connectivity index (χ4n) is 3.11. The summed E-state index contributed by atoms with van der Waals surface area (Å²) in [6, 6.07) is 5.52. The minimum atomic E-state index is -0.0455. The van der Waals surface area contributed by atoms with Gasteiger partial charge in [-0.1, -0.05) is 11.6 Å². The number of fused-ring (bicyclic) bond motifs is 1. The molecule has 0 radical (unpaired) electrons. The number of nitrogens with one attached hydrogen (secondary N) is 2. The van der Waals surface area contributed by atoms with Crippen LogP contribution in [0.3, 0.4) is 0 Å². The Bertz CT molecular complexity index is 712. The van der Waals surface area contributed by atoms with E-state index >= 15 is 0 Å². The van der Waals surface area contributed by atoms with Crippen LogP contribution >= 0.6 is 11.6 Å². The van der Waals surface area contributed by atoms with E-state index in [9.17, 15) is 4.79 Å². The number of halogens is 1. The number of hydrogen-bond donors (Lipinski definition) is 2. The van der Waals surface area contributed by atoms with Gasteiger partial charge in [-0.05, 0) is 44.4 Å². The molecule has 1 saturated heterocycles. The summed E-state index contributed by atoms with van der Waals surface area (Å²) in [7, 11) is 0. The third kappa shape index (κ3) is 4.86. The van der Waals surface area contributed by atoms with Crippen LogP contribution in [0.15, 0.2) is 18.2 Å². The molecule has 1 aromatic carbocycles. The lowest BCUT2D eigenvalue weighted by atomic mass is 10.1. The maximum atomic E-state index is 12.4. The molecule has 1 aromatic heterocycles. The normalized spacial score (nSPS) is 17.6. The lowest BCUT2D eigenvalue weighted by Gasteiger charge is -2.29. The number of likely N-dealkylation sites (N-methyl/N-ethyl adjacent to an activating group) is 1. The van der Waals surface area contributed by atoms with Gasteiger partial charge in [-0.3, -0.25) is 0 Å². The molecule has 3 rings (SSSR count). The molecule has 1 unspecified atom stereocenters. The molecule has 0 spiro atoms. The van der Waals surface area contributed by atoms with Crippen molar-refractivity contribution in [3.8, 4) is 0 Å². The summed E-state index contributed by atoms with van der Waals surface area (Å²) in [4.78, 5) is 21.9. The molecule has 1 aliphatic rings. The van der Waals surface area contributed by atoms with Crippen LogP contribution in [0.2, 0.25) is 5.02 Å². The first-order valence-electron chi connectivity index (χ1n) is 8.94. The predicted octanol–water partition coefficient (Wildman–Crippen LogP) is 3.36. The number of urea groups is 1. The van der Waals surface area contributed by atoms with E-state index in [-0.39, 0.29) is 12.1 Å². The largest absolute Gasteiger partial charge is 0.376 e. The third-order valence-corrected chi connectivity index (χ3v) is 4.73. The predicted molar refractivity (Wildman–Crippen MR) is 99.0 cm³/mol. The van der Waals surface area contributed by atoms with Crippen molar-refractivity contribution in [1.29, 1.82) is 0 Å². The molecule has 2 heterocycles. The molecular weight excluding hydrogens is 340 g/mol. The number of amides is 2. The Morgan fingerprint density at radius 2 is 2.36 bits per heavy atom. The second-order valence-corrected chi connectivity index (χ2v) is 6.79. The zero-order valence-electron chi connectivity index (χ0n) is 14.6. The average molecular weight is 365 g/mol. The van der Waals surface area contributed by atoms with E-state index in [1.807, 2.05) is 30.0 Å². The number of H-pyrrole nitrogens is 1. The van der Waals surface area contributed by atoms with E-state index in [2.05, 4.69) is 15.3 Å². The van der Waals surface area contributed by atoms with Gasteiger partial charge < -0.3 is 19.9 Å². The van der Waals surface area contributed by atoms with E-state index in [0.29, 0.717) is 31.1 Å². The SMILES string of the molecule is CCN(CC1CCCCO1)C(=O)NCCc1nc2ccc(Cl)cc2[nH]1. The number of ether oxygens (including phenoxy) is 1. The summed E-state index contributed by atoms with van der Waals surface area (Å²) in [5.74, 6) is 0.844. The van der Waals surface area contributed by atoms with Gasteiger partial charge in [-0.15, -0.1) is 0 Å². The lowest BCUT2D eigenvalue weighted by molar-refractivity contribution is 0.00136. The Morgan fingerprint density at radius 1 is 1.48 bits per heavy atom. The van der Waals surface area contributed by atoms with Gasteiger partial charge in [0.25, 0.3) is 0 Å². The number of nitrogens with zero attached hydrogens (tertiary/aromatic N) is 2. The Kier molecular flexibility index (Phi) is 6.15. The van der Waals surface area contributed by atoms with Crippen molar-refractivity contribution in [2.24, 2.45) is 0 Å². The number of aromatic nitrogens is 2. The second kappa shape index (κ2) is 8.54. The second-order valence-electron chi connectivity index (χ2n) is 6.35. The van der Waals surface area contributed by atoms with Crippen LogP contribution in [-0.2, 0) is 11.2 Å². The van der Waals surface area contributed by atoms with Crippen molar-refractivity contribution in [2.45, 2.75) is 38.7 Å². The molecule has 0 bridgehead atoms. The minimum absolute atomic E-state index is 0.0455. The van der Waals surface area contributed by atoms with E-state index in [1.54, 1.807) is 0 Å². The van der Waals surface area contributed by atoms with Crippen LogP contribution in [0, 0.1) is 0 Å². The zero-order chi connectivity index (χ0) is 17.6. The summed E-state index contributed by atoms with van der Waals surface area (Å²) in [6.45, 7) is 4.67. The Hall–Kier alpha value is -1.79. The molecule has 0 aliphatic carbocycles. The molecule has 2 amide bonds. The first kappa shape index (κ1) is 18.0. The molecule has 7 heteroatoms. The molecule has 136 valence electrons. The van der Waals surface area contributed by atoms with Crippen molar-refractivity contribution in [3.05, 3.63) is 29.0 Å². The van der Waals surface area contributed by atoms with Crippen molar-refractivity contribution in [2.75, 3.05) is 26.2 Å². The zero-order valence-corrected chi connectivity index (χ0v) is 15.3. The van der Waals surface area contributed by atoms with Crippen LogP contribution in [-0.4, -0.2) is 53.2 Å². The van der Waals surface area contributed by atoms with Gasteiger partial charge >= 0.3 is 6.03 Å². The molecule has 1 aliphatic heterocycles. The monoisotopic (exact) mass is 364 g/mol. The maximum Gasteiger partial charge on any atom is 0.317 e. The summed E-state index contributed by atoms with van der Waals surface area (Å²) in [6.07, 6.45) is 4.15. The fourth-order valence-corrected chi connectivity index (χ4v) is 3.28. The maximum absolute atomic E-state index is 12.4. The molecule has 6 nitrogen and oxygen atoms in total. The van der Waals surface area contributed by atoms with Crippen molar-refractivity contribution in [3.63, 3.8) is 0 Å². The minimum Gasteiger partial charge on any atom is -0.376 e. The summed E-state index contributed by atoms with van der Waals surface area (Å²) in [5.41, 5.74) is 1.80. The number of hydrogen-bond acceptors (Lipinski definition) is 3. The lowest BCUT2D eigenvalue weighted by Crippen LogP contribution is -2.45. The van der Waals surface area contributed by atoms with Crippen molar-refractivity contribution < 1.29 is 9.53 Å². The summed E-state index contributed by atoms with van der Waals surface area (Å²) >= 11 is 5.98. The van der Waals surface area contributed by atoms with Crippen molar-refractivity contribution in [1.82, 2.24) is 20.2 Å². The Morgan fingerprint density at radius 3 is 3.12 bits per heavy atom. The highest BCUT2D eigenvalue weighted by molar-refractivity contribution is 6.31. The van der Waals surface area contributed by atoms with Gasteiger partial charge in [0.1, 0.15) is 5.82 Å². The molecule has 2 aromatic rings. The van der Waals surface area contributed by atoms with Crippen LogP contribution in [0.5, 0.6) is 0 Å². The molecule has 1 fully saturated rings. The highest BCUT2D eigenvalue weighted by Crippen LogP contribution is 2.17. The number of carbonyl (C=O) groups is 1. The number of benzene rings is 1. The van der Waals surface area contributed by atoms with Crippen LogP contribution in [0.4, 0.5) is 4.79 Å². The quantitative estimate of drug-likeness (QED) is 0.825.